The first-order valence-corrected chi connectivity index (χ1v) is 11.4. The Kier molecular flexibility index (Phi) is 8.04. The number of benzene rings is 2. The van der Waals surface area contributed by atoms with Gasteiger partial charge in [-0.05, 0) is 66.2 Å². The Bertz CT molecular complexity index is 1150. The van der Waals surface area contributed by atoms with Gasteiger partial charge in [-0.25, -0.2) is 13.8 Å². The SMILES string of the molecule is COc1ccc(/C=N/NC(=O)CCN(Cc2ccco2)S(=O)(=O)c2ccc(Cl)cc2)cc1. The fourth-order valence-electron chi connectivity index (χ4n) is 2.77. The lowest BCUT2D eigenvalue weighted by molar-refractivity contribution is -0.121. The number of hydrogen-bond acceptors (Lipinski definition) is 6. The van der Waals surface area contributed by atoms with Crippen molar-refractivity contribution in [2.75, 3.05) is 13.7 Å². The van der Waals surface area contributed by atoms with Crippen molar-refractivity contribution in [1.82, 2.24) is 9.73 Å². The van der Waals surface area contributed by atoms with Gasteiger partial charge in [-0.2, -0.15) is 9.41 Å². The molecule has 0 fully saturated rings. The van der Waals surface area contributed by atoms with E-state index in [1.54, 1.807) is 43.5 Å². The smallest absolute Gasteiger partial charge is 0.243 e. The summed E-state index contributed by atoms with van der Waals surface area (Å²) in [4.78, 5) is 12.3. The summed E-state index contributed by atoms with van der Waals surface area (Å²) < 4.78 is 37.8. The van der Waals surface area contributed by atoms with Gasteiger partial charge in [0.15, 0.2) is 0 Å². The van der Waals surface area contributed by atoms with E-state index in [2.05, 4.69) is 10.5 Å². The summed E-state index contributed by atoms with van der Waals surface area (Å²) >= 11 is 5.87. The largest absolute Gasteiger partial charge is 0.497 e. The number of methoxy groups -OCH3 is 1. The molecule has 0 radical (unpaired) electrons. The average molecular weight is 476 g/mol. The van der Waals surface area contributed by atoms with E-state index in [9.17, 15) is 13.2 Å². The fourth-order valence-corrected chi connectivity index (χ4v) is 4.30. The zero-order valence-electron chi connectivity index (χ0n) is 17.3. The minimum absolute atomic E-state index is 0.0135. The molecule has 0 unspecified atom stereocenters. The van der Waals surface area contributed by atoms with Crippen molar-refractivity contribution in [2.45, 2.75) is 17.9 Å². The van der Waals surface area contributed by atoms with Gasteiger partial charge < -0.3 is 9.15 Å². The molecule has 0 saturated carbocycles. The van der Waals surface area contributed by atoms with Crippen LogP contribution < -0.4 is 10.2 Å². The number of nitrogens with zero attached hydrogens (tertiary/aromatic N) is 2. The van der Waals surface area contributed by atoms with E-state index in [1.807, 2.05) is 0 Å². The number of furan rings is 1. The minimum Gasteiger partial charge on any atom is -0.497 e. The third kappa shape index (κ3) is 6.43. The van der Waals surface area contributed by atoms with Crippen LogP contribution in [0.2, 0.25) is 5.02 Å². The molecule has 1 N–H and O–H groups in total. The predicted octanol–water partition coefficient (Wildman–Crippen LogP) is 3.67. The van der Waals surface area contributed by atoms with Crippen molar-refractivity contribution in [3.8, 4) is 5.75 Å². The lowest BCUT2D eigenvalue weighted by atomic mass is 10.2. The molecule has 8 nitrogen and oxygen atoms in total. The van der Waals surface area contributed by atoms with E-state index in [-0.39, 0.29) is 24.4 Å². The molecule has 2 aromatic carbocycles. The van der Waals surface area contributed by atoms with E-state index in [0.29, 0.717) is 16.5 Å². The lowest BCUT2D eigenvalue weighted by Crippen LogP contribution is -2.34. The van der Waals surface area contributed by atoms with Crippen LogP contribution in [0, 0.1) is 0 Å². The molecular formula is C22H22ClN3O5S. The summed E-state index contributed by atoms with van der Waals surface area (Å²) in [6, 6.07) is 16.3. The first-order valence-electron chi connectivity index (χ1n) is 9.62. The van der Waals surface area contributed by atoms with Gasteiger partial charge in [-0.15, -0.1) is 0 Å². The highest BCUT2D eigenvalue weighted by molar-refractivity contribution is 7.89. The molecule has 0 aliphatic rings. The van der Waals surface area contributed by atoms with Crippen LogP contribution in [-0.4, -0.2) is 38.5 Å². The molecule has 1 heterocycles. The number of carbonyl (C=O) groups is 1. The van der Waals surface area contributed by atoms with Crippen LogP contribution in [0.5, 0.6) is 5.75 Å². The molecule has 0 atom stereocenters. The van der Waals surface area contributed by atoms with Crippen LogP contribution in [0.4, 0.5) is 0 Å². The maximum Gasteiger partial charge on any atom is 0.243 e. The highest BCUT2D eigenvalue weighted by Crippen LogP contribution is 2.21. The number of amides is 1. The number of hydrazone groups is 1. The van der Waals surface area contributed by atoms with Crippen molar-refractivity contribution in [3.05, 3.63) is 83.3 Å². The summed E-state index contributed by atoms with van der Waals surface area (Å²) in [6.07, 6.45) is 2.86. The van der Waals surface area contributed by atoms with E-state index in [0.717, 1.165) is 5.56 Å². The quantitative estimate of drug-likeness (QED) is 0.356. The van der Waals surface area contributed by atoms with Crippen molar-refractivity contribution in [2.24, 2.45) is 5.10 Å². The molecule has 1 amide bonds. The van der Waals surface area contributed by atoms with Crippen LogP contribution in [0.15, 0.2) is 81.3 Å². The summed E-state index contributed by atoms with van der Waals surface area (Å²) in [5, 5.41) is 4.34. The molecule has 0 aliphatic heterocycles. The van der Waals surface area contributed by atoms with E-state index < -0.39 is 15.9 Å². The highest BCUT2D eigenvalue weighted by atomic mass is 35.5. The van der Waals surface area contributed by atoms with Crippen LogP contribution in [0.1, 0.15) is 17.7 Å². The van der Waals surface area contributed by atoms with Crippen LogP contribution >= 0.6 is 11.6 Å². The number of rotatable bonds is 10. The Labute approximate surface area is 191 Å². The van der Waals surface area contributed by atoms with Crippen molar-refractivity contribution in [1.29, 1.82) is 0 Å². The Balaban J connectivity index is 1.64. The maximum absolute atomic E-state index is 13.1. The van der Waals surface area contributed by atoms with Gasteiger partial charge in [0.1, 0.15) is 11.5 Å². The van der Waals surface area contributed by atoms with Crippen LogP contribution in [0.3, 0.4) is 0 Å². The van der Waals surface area contributed by atoms with Gasteiger partial charge in [0.25, 0.3) is 0 Å². The second-order valence-electron chi connectivity index (χ2n) is 6.69. The number of nitrogens with one attached hydrogen (secondary N) is 1. The molecule has 32 heavy (non-hydrogen) atoms. The number of ether oxygens (including phenoxy) is 1. The van der Waals surface area contributed by atoms with Gasteiger partial charge in [0.05, 0.1) is 31.0 Å². The van der Waals surface area contributed by atoms with Gasteiger partial charge in [0.2, 0.25) is 15.9 Å². The average Bonchev–Trinajstić information content (AvgIpc) is 3.30. The zero-order valence-corrected chi connectivity index (χ0v) is 18.8. The van der Waals surface area contributed by atoms with E-state index >= 15 is 0 Å². The molecule has 0 saturated heterocycles. The number of sulfonamides is 1. The first-order chi connectivity index (χ1) is 15.4. The zero-order chi connectivity index (χ0) is 23.0. The third-order valence-electron chi connectivity index (χ3n) is 4.47. The normalized spacial score (nSPS) is 11.7. The summed E-state index contributed by atoms with van der Waals surface area (Å²) in [6.45, 7) is -0.0735. The summed E-state index contributed by atoms with van der Waals surface area (Å²) in [7, 11) is -2.30. The molecule has 168 valence electrons. The van der Waals surface area contributed by atoms with Gasteiger partial charge in [-0.1, -0.05) is 11.6 Å². The molecule has 1 aromatic heterocycles. The van der Waals surface area contributed by atoms with Crippen LogP contribution in [0.25, 0.3) is 0 Å². The fraction of sp³-hybridized carbons (Fsp3) is 0.182. The molecule has 3 aromatic rings. The standard InChI is InChI=1S/C22H22ClN3O5S/c1-30-19-8-4-17(5-9-19)15-24-25-22(27)12-13-26(16-20-3-2-14-31-20)32(28,29)21-10-6-18(23)7-11-21/h2-11,14-15H,12-13,16H2,1H3,(H,25,27)/b24-15+. The lowest BCUT2D eigenvalue weighted by Gasteiger charge is -2.21. The van der Waals surface area contributed by atoms with E-state index in [1.165, 1.54) is 41.0 Å². The molecule has 10 heteroatoms. The molecule has 0 bridgehead atoms. The molecule has 3 rings (SSSR count). The maximum atomic E-state index is 13.1. The Hall–Kier alpha value is -3.14. The van der Waals surface area contributed by atoms with Gasteiger partial charge >= 0.3 is 0 Å². The minimum atomic E-state index is -3.88. The highest BCUT2D eigenvalue weighted by Gasteiger charge is 2.26. The van der Waals surface area contributed by atoms with E-state index in [4.69, 9.17) is 20.8 Å². The Morgan fingerprint density at radius 3 is 2.50 bits per heavy atom. The number of carbonyl (C=O) groups excluding carboxylic acids is 1. The summed E-state index contributed by atoms with van der Waals surface area (Å²) in [5.74, 6) is 0.746. The second-order valence-corrected chi connectivity index (χ2v) is 9.06. The Morgan fingerprint density at radius 1 is 1.16 bits per heavy atom. The molecular weight excluding hydrogens is 454 g/mol. The van der Waals surface area contributed by atoms with Gasteiger partial charge in [0, 0.05) is 18.0 Å². The third-order valence-corrected chi connectivity index (χ3v) is 6.58. The number of halogens is 1. The topological polar surface area (TPSA) is 101 Å². The van der Waals surface area contributed by atoms with Crippen molar-refractivity contribution < 1.29 is 22.4 Å². The Morgan fingerprint density at radius 2 is 1.88 bits per heavy atom. The van der Waals surface area contributed by atoms with Gasteiger partial charge in [-0.3, -0.25) is 4.79 Å². The number of hydrogen-bond donors (Lipinski definition) is 1. The van der Waals surface area contributed by atoms with Crippen molar-refractivity contribution in [3.63, 3.8) is 0 Å². The monoisotopic (exact) mass is 475 g/mol. The predicted molar refractivity (Wildman–Crippen MR) is 121 cm³/mol. The molecule has 0 spiro atoms. The summed E-state index contributed by atoms with van der Waals surface area (Å²) in [5.41, 5.74) is 3.18. The molecule has 0 aliphatic carbocycles. The van der Waals surface area contributed by atoms with Crippen molar-refractivity contribution >= 4 is 33.7 Å². The first kappa shape index (κ1) is 23.5. The van der Waals surface area contributed by atoms with Crippen LogP contribution in [-0.2, 0) is 21.4 Å². The second kappa shape index (κ2) is 10.9.